The smallest absolute Gasteiger partial charge is 0.146 e. The van der Waals surface area contributed by atoms with Crippen molar-refractivity contribution in [2.75, 3.05) is 5.32 Å². The first kappa shape index (κ1) is 13.3. The average Bonchev–Trinajstić information content (AvgIpc) is 2.39. The molecule has 0 fully saturated rings. The molecule has 0 bridgehead atoms. The molecule has 2 aromatic carbocycles. The summed E-state index contributed by atoms with van der Waals surface area (Å²) in [6, 6.07) is 10.2. The average molecular weight is 292 g/mol. The third-order valence-electron chi connectivity index (χ3n) is 3.52. The lowest BCUT2D eigenvalue weighted by Gasteiger charge is -2.34. The number of hydrogen-bond acceptors (Lipinski definition) is 2. The molecular weight excluding hydrogens is 277 g/mol. The third-order valence-corrected chi connectivity index (χ3v) is 3.74. The Kier molecular flexibility index (Phi) is 3.30. The summed E-state index contributed by atoms with van der Waals surface area (Å²) in [5, 5.41) is 4.09. The Morgan fingerprint density at radius 3 is 2.60 bits per heavy atom. The van der Waals surface area contributed by atoms with Crippen molar-refractivity contribution in [2.45, 2.75) is 26.0 Å². The van der Waals surface area contributed by atoms with Crippen LogP contribution in [0.4, 0.5) is 10.1 Å². The number of anilines is 1. The van der Waals surface area contributed by atoms with E-state index in [4.69, 9.17) is 16.3 Å². The van der Waals surface area contributed by atoms with Crippen molar-refractivity contribution < 1.29 is 9.13 Å². The second-order valence-corrected chi connectivity index (χ2v) is 5.56. The summed E-state index contributed by atoms with van der Waals surface area (Å²) in [7, 11) is 0. The quantitative estimate of drug-likeness (QED) is 0.821. The second kappa shape index (κ2) is 4.98. The standard InChI is InChI=1S/C16H15ClFNO/c1-9-7-12(17)8-14-15(9)20-16(10(2)19-14)11-3-5-13(18)6-4-11/h3-8,10,16,19H,1-2H3. The number of hydrogen-bond donors (Lipinski definition) is 1. The van der Waals surface area contributed by atoms with Crippen molar-refractivity contribution in [3.05, 3.63) is 58.4 Å². The van der Waals surface area contributed by atoms with Crippen LogP contribution in [-0.2, 0) is 0 Å². The van der Waals surface area contributed by atoms with Crippen LogP contribution in [0.25, 0.3) is 0 Å². The van der Waals surface area contributed by atoms with Gasteiger partial charge in [-0.25, -0.2) is 4.39 Å². The van der Waals surface area contributed by atoms with E-state index in [1.54, 1.807) is 12.1 Å². The zero-order valence-electron chi connectivity index (χ0n) is 11.3. The largest absolute Gasteiger partial charge is 0.481 e. The number of fused-ring (bicyclic) bond motifs is 1. The summed E-state index contributed by atoms with van der Waals surface area (Å²) in [5.74, 6) is 0.565. The first-order chi connectivity index (χ1) is 9.54. The molecular formula is C16H15ClFNO. The molecule has 20 heavy (non-hydrogen) atoms. The number of ether oxygens (including phenoxy) is 1. The minimum Gasteiger partial charge on any atom is -0.481 e. The Morgan fingerprint density at radius 1 is 1.20 bits per heavy atom. The van der Waals surface area contributed by atoms with E-state index < -0.39 is 0 Å². The highest BCUT2D eigenvalue weighted by atomic mass is 35.5. The van der Waals surface area contributed by atoms with Gasteiger partial charge in [-0.3, -0.25) is 0 Å². The summed E-state index contributed by atoms with van der Waals surface area (Å²) in [6.45, 7) is 4.00. The van der Waals surface area contributed by atoms with Crippen LogP contribution >= 0.6 is 11.6 Å². The summed E-state index contributed by atoms with van der Waals surface area (Å²) in [5.41, 5.74) is 2.84. The Labute approximate surface area is 122 Å². The zero-order chi connectivity index (χ0) is 14.3. The van der Waals surface area contributed by atoms with Gasteiger partial charge in [0.1, 0.15) is 17.7 Å². The Morgan fingerprint density at radius 2 is 1.90 bits per heavy atom. The van der Waals surface area contributed by atoms with Crippen molar-refractivity contribution in [3.8, 4) is 5.75 Å². The predicted octanol–water partition coefficient (Wildman–Crippen LogP) is 4.72. The number of halogens is 2. The molecule has 104 valence electrons. The minimum absolute atomic E-state index is 0.0748. The van der Waals surface area contributed by atoms with Crippen molar-refractivity contribution >= 4 is 17.3 Å². The fourth-order valence-corrected chi connectivity index (χ4v) is 2.83. The Balaban J connectivity index is 1.98. The molecule has 0 aliphatic carbocycles. The zero-order valence-corrected chi connectivity index (χ0v) is 12.0. The van der Waals surface area contributed by atoms with E-state index in [9.17, 15) is 4.39 Å². The Bertz CT molecular complexity index is 642. The van der Waals surface area contributed by atoms with Crippen molar-refractivity contribution in [1.29, 1.82) is 0 Å². The molecule has 0 amide bonds. The van der Waals surface area contributed by atoms with Crippen molar-refractivity contribution in [1.82, 2.24) is 0 Å². The predicted molar refractivity (Wildman–Crippen MR) is 79.0 cm³/mol. The molecule has 0 spiro atoms. The van der Waals surface area contributed by atoms with Crippen molar-refractivity contribution in [3.63, 3.8) is 0 Å². The molecule has 0 saturated carbocycles. The molecule has 3 rings (SSSR count). The maximum Gasteiger partial charge on any atom is 0.146 e. The molecule has 0 saturated heterocycles. The monoisotopic (exact) mass is 291 g/mol. The number of nitrogens with one attached hydrogen (secondary N) is 1. The SMILES string of the molecule is Cc1cc(Cl)cc2c1OC(c1ccc(F)cc1)C(C)N2. The highest BCUT2D eigenvalue weighted by Gasteiger charge is 2.28. The molecule has 2 nitrogen and oxygen atoms in total. The molecule has 1 heterocycles. The van der Waals surface area contributed by atoms with Gasteiger partial charge in [-0.15, -0.1) is 0 Å². The molecule has 1 aliphatic rings. The third kappa shape index (κ3) is 2.34. The lowest BCUT2D eigenvalue weighted by atomic mass is 10.00. The molecule has 4 heteroatoms. The van der Waals surface area contributed by atoms with Gasteiger partial charge in [0.2, 0.25) is 0 Å². The van der Waals surface area contributed by atoms with E-state index in [0.29, 0.717) is 5.02 Å². The summed E-state index contributed by atoms with van der Waals surface area (Å²) < 4.78 is 19.1. The fourth-order valence-electron chi connectivity index (χ4n) is 2.55. The van der Waals surface area contributed by atoms with E-state index in [2.05, 4.69) is 5.32 Å². The highest BCUT2D eigenvalue weighted by molar-refractivity contribution is 6.31. The second-order valence-electron chi connectivity index (χ2n) is 5.12. The van der Waals surface area contributed by atoms with Gasteiger partial charge < -0.3 is 10.1 Å². The van der Waals surface area contributed by atoms with E-state index >= 15 is 0 Å². The van der Waals surface area contributed by atoms with Crippen LogP contribution in [0.3, 0.4) is 0 Å². The summed E-state index contributed by atoms with van der Waals surface area (Å²) >= 11 is 6.06. The van der Waals surface area contributed by atoms with Crippen LogP contribution in [0.5, 0.6) is 5.75 Å². The molecule has 1 aliphatic heterocycles. The Hall–Kier alpha value is -1.74. The highest BCUT2D eigenvalue weighted by Crippen LogP contribution is 2.41. The minimum atomic E-state index is -0.242. The normalized spacial score (nSPS) is 20.8. The number of rotatable bonds is 1. The van der Waals surface area contributed by atoms with Crippen LogP contribution in [0.2, 0.25) is 5.02 Å². The number of aryl methyl sites for hydroxylation is 1. The topological polar surface area (TPSA) is 21.3 Å². The first-order valence-corrected chi connectivity index (χ1v) is 6.91. The molecule has 1 N–H and O–H groups in total. The summed E-state index contributed by atoms with van der Waals surface area (Å²) in [4.78, 5) is 0. The maximum absolute atomic E-state index is 13.0. The summed E-state index contributed by atoms with van der Waals surface area (Å²) in [6.07, 6.45) is -0.150. The van der Waals surface area contributed by atoms with Gasteiger partial charge >= 0.3 is 0 Å². The van der Waals surface area contributed by atoms with Crippen LogP contribution in [0.1, 0.15) is 24.2 Å². The molecule has 2 atom stereocenters. The first-order valence-electron chi connectivity index (χ1n) is 6.53. The lowest BCUT2D eigenvalue weighted by Crippen LogP contribution is -2.32. The van der Waals surface area contributed by atoms with Gasteiger partial charge in [-0.1, -0.05) is 23.7 Å². The number of benzene rings is 2. The van der Waals surface area contributed by atoms with Gasteiger partial charge in [-0.05, 0) is 49.2 Å². The fraction of sp³-hybridized carbons (Fsp3) is 0.250. The van der Waals surface area contributed by atoms with Crippen LogP contribution in [0, 0.1) is 12.7 Å². The molecule has 0 radical (unpaired) electrons. The van der Waals surface area contributed by atoms with Crippen molar-refractivity contribution in [2.24, 2.45) is 0 Å². The van der Waals surface area contributed by atoms with Gasteiger partial charge in [0, 0.05) is 5.02 Å². The molecule has 0 aromatic heterocycles. The van der Waals surface area contributed by atoms with E-state index in [1.165, 1.54) is 12.1 Å². The molecule has 2 aromatic rings. The van der Waals surface area contributed by atoms with Crippen LogP contribution in [0.15, 0.2) is 36.4 Å². The van der Waals surface area contributed by atoms with Gasteiger partial charge in [0.05, 0.1) is 11.7 Å². The van der Waals surface area contributed by atoms with E-state index in [1.807, 2.05) is 26.0 Å². The van der Waals surface area contributed by atoms with Crippen LogP contribution in [-0.4, -0.2) is 6.04 Å². The lowest BCUT2D eigenvalue weighted by molar-refractivity contribution is 0.176. The van der Waals surface area contributed by atoms with Gasteiger partial charge in [0.15, 0.2) is 0 Å². The van der Waals surface area contributed by atoms with Gasteiger partial charge in [0.25, 0.3) is 0 Å². The maximum atomic E-state index is 13.0. The van der Waals surface area contributed by atoms with Gasteiger partial charge in [-0.2, -0.15) is 0 Å². The van der Waals surface area contributed by atoms with Crippen LogP contribution < -0.4 is 10.1 Å². The van der Waals surface area contributed by atoms with E-state index in [0.717, 1.165) is 22.6 Å². The molecule has 2 unspecified atom stereocenters. The van der Waals surface area contributed by atoms with E-state index in [-0.39, 0.29) is 18.0 Å².